The van der Waals surface area contributed by atoms with Crippen LogP contribution in [0.25, 0.3) is 0 Å². The number of ketones is 1. The average Bonchev–Trinajstić information content (AvgIpc) is 3.08. The van der Waals surface area contributed by atoms with E-state index in [0.717, 1.165) is 0 Å². The third kappa shape index (κ3) is 3.46. The largest absolute Gasteiger partial charge is 0.368 e. The van der Waals surface area contributed by atoms with Gasteiger partial charge in [-0.05, 0) is 31.2 Å². The fourth-order valence-electron chi connectivity index (χ4n) is 2.78. The molecule has 1 heterocycles. The molecule has 3 rings (SSSR count). The number of hydrogen-bond acceptors (Lipinski definition) is 5. The first-order chi connectivity index (χ1) is 12.5. The molecule has 1 atom stereocenters. The van der Waals surface area contributed by atoms with Gasteiger partial charge in [0.1, 0.15) is 11.8 Å². The molecule has 2 aromatic rings. The summed E-state index contributed by atoms with van der Waals surface area (Å²) in [4.78, 5) is 36.1. The fraction of sp³-hybridized carbons (Fsp3) is 0.158. The van der Waals surface area contributed by atoms with E-state index >= 15 is 0 Å². The minimum absolute atomic E-state index is 0.0955. The van der Waals surface area contributed by atoms with Gasteiger partial charge in [0.2, 0.25) is 5.91 Å². The number of nitrogens with two attached hydrogens (primary N) is 1. The normalized spacial score (nSPS) is 16.1. The number of Topliss-reactive ketones (excluding diaryl/α,β-unsaturated/α-hetero) is 1. The van der Waals surface area contributed by atoms with Crippen molar-refractivity contribution in [2.24, 2.45) is 10.8 Å². The Morgan fingerprint density at radius 1 is 1.08 bits per heavy atom. The number of primary amides is 1. The van der Waals surface area contributed by atoms with E-state index in [1.807, 2.05) is 18.2 Å². The number of carbonyl (C=O) groups is 3. The van der Waals surface area contributed by atoms with Crippen LogP contribution in [0.3, 0.4) is 0 Å². The first kappa shape index (κ1) is 17.3. The first-order valence-electron chi connectivity index (χ1n) is 8.09. The molecule has 0 fully saturated rings. The van der Waals surface area contributed by atoms with Crippen molar-refractivity contribution in [2.75, 3.05) is 10.3 Å². The van der Waals surface area contributed by atoms with Gasteiger partial charge in [0.05, 0.1) is 11.4 Å². The van der Waals surface area contributed by atoms with Gasteiger partial charge in [-0.15, -0.1) is 0 Å². The van der Waals surface area contributed by atoms with E-state index in [2.05, 4.69) is 10.4 Å². The quantitative estimate of drug-likeness (QED) is 0.804. The average molecular weight is 350 g/mol. The number of nitrogens with zero attached hydrogens (tertiary/aromatic N) is 2. The minimum Gasteiger partial charge on any atom is -0.368 e. The van der Waals surface area contributed by atoms with E-state index in [1.54, 1.807) is 36.4 Å². The Balaban J connectivity index is 1.86. The molecule has 0 unspecified atom stereocenters. The van der Waals surface area contributed by atoms with Crippen molar-refractivity contribution in [1.82, 2.24) is 0 Å². The number of benzene rings is 2. The van der Waals surface area contributed by atoms with Crippen molar-refractivity contribution in [2.45, 2.75) is 19.4 Å². The lowest BCUT2D eigenvalue weighted by Crippen LogP contribution is -2.39. The summed E-state index contributed by atoms with van der Waals surface area (Å²) in [6.07, 6.45) is 0.0955. The summed E-state index contributed by atoms with van der Waals surface area (Å²) in [5, 5.41) is 8.43. The van der Waals surface area contributed by atoms with Crippen LogP contribution in [0.1, 0.15) is 23.7 Å². The number of anilines is 2. The predicted molar refractivity (Wildman–Crippen MR) is 99.0 cm³/mol. The maximum Gasteiger partial charge on any atom is 0.271 e. The molecule has 2 amide bonds. The molecule has 0 saturated heterocycles. The highest BCUT2D eigenvalue weighted by Crippen LogP contribution is 2.25. The maximum absolute atomic E-state index is 12.6. The Morgan fingerprint density at radius 3 is 2.38 bits per heavy atom. The number of nitrogens with one attached hydrogen (secondary N) is 1. The second-order valence-electron chi connectivity index (χ2n) is 5.90. The molecular weight excluding hydrogens is 332 g/mol. The van der Waals surface area contributed by atoms with Crippen LogP contribution in [-0.4, -0.2) is 29.4 Å². The smallest absolute Gasteiger partial charge is 0.271 e. The van der Waals surface area contributed by atoms with Crippen molar-refractivity contribution in [3.63, 3.8) is 0 Å². The molecule has 1 aliphatic heterocycles. The van der Waals surface area contributed by atoms with Crippen LogP contribution >= 0.6 is 0 Å². The van der Waals surface area contributed by atoms with Gasteiger partial charge >= 0.3 is 0 Å². The highest BCUT2D eigenvalue weighted by atomic mass is 16.2. The van der Waals surface area contributed by atoms with Crippen LogP contribution < -0.4 is 16.1 Å². The van der Waals surface area contributed by atoms with Gasteiger partial charge in [0.25, 0.3) is 5.91 Å². The van der Waals surface area contributed by atoms with Crippen LogP contribution in [0.15, 0.2) is 59.7 Å². The lowest BCUT2D eigenvalue weighted by Gasteiger charge is -2.20. The Bertz CT molecular complexity index is 893. The van der Waals surface area contributed by atoms with Gasteiger partial charge in [-0.1, -0.05) is 30.3 Å². The molecule has 0 bridgehead atoms. The predicted octanol–water partition coefficient (Wildman–Crippen LogP) is 1.95. The standard InChI is InChI=1S/C19H18N4O3/c1-12(24)14-9-5-6-10-15(14)21-19(26)16-11-17(18(20)25)23(22-16)13-7-3-2-4-8-13/h2-10,17H,11H2,1H3,(H2,20,25)(H,21,26)/t17-/m0/s1. The lowest BCUT2D eigenvalue weighted by atomic mass is 10.1. The monoisotopic (exact) mass is 350 g/mol. The zero-order chi connectivity index (χ0) is 18.7. The molecule has 1 aliphatic rings. The maximum atomic E-state index is 12.6. The second kappa shape index (κ2) is 7.18. The molecule has 7 nitrogen and oxygen atoms in total. The summed E-state index contributed by atoms with van der Waals surface area (Å²) in [6.45, 7) is 1.43. The number of hydrogen-bond donors (Lipinski definition) is 2. The lowest BCUT2D eigenvalue weighted by molar-refractivity contribution is -0.119. The Hall–Kier alpha value is -3.48. The van der Waals surface area contributed by atoms with Crippen LogP contribution in [-0.2, 0) is 9.59 Å². The summed E-state index contributed by atoms with van der Waals surface area (Å²) in [6, 6.07) is 15.0. The molecule has 0 saturated carbocycles. The third-order valence-electron chi connectivity index (χ3n) is 4.08. The highest BCUT2D eigenvalue weighted by molar-refractivity contribution is 6.44. The number of hydrazone groups is 1. The van der Waals surface area contributed by atoms with Crippen molar-refractivity contribution in [3.8, 4) is 0 Å². The summed E-state index contributed by atoms with van der Waals surface area (Å²) in [7, 11) is 0. The Morgan fingerprint density at radius 2 is 1.73 bits per heavy atom. The number of rotatable bonds is 5. The van der Waals surface area contributed by atoms with E-state index in [9.17, 15) is 14.4 Å². The van der Waals surface area contributed by atoms with Crippen LogP contribution in [0, 0.1) is 0 Å². The Labute approximate surface area is 150 Å². The van der Waals surface area contributed by atoms with Gasteiger partial charge in [0, 0.05) is 12.0 Å². The molecule has 7 heteroatoms. The third-order valence-corrected chi connectivity index (χ3v) is 4.08. The topological polar surface area (TPSA) is 105 Å². The minimum atomic E-state index is -0.735. The van der Waals surface area contributed by atoms with Gasteiger partial charge in [-0.2, -0.15) is 5.10 Å². The van der Waals surface area contributed by atoms with Gasteiger partial charge in [-0.3, -0.25) is 19.4 Å². The first-order valence-corrected chi connectivity index (χ1v) is 8.09. The van der Waals surface area contributed by atoms with Crippen molar-refractivity contribution in [1.29, 1.82) is 0 Å². The van der Waals surface area contributed by atoms with E-state index in [0.29, 0.717) is 16.9 Å². The number of amides is 2. The zero-order valence-corrected chi connectivity index (χ0v) is 14.2. The molecular formula is C19H18N4O3. The fourth-order valence-corrected chi connectivity index (χ4v) is 2.78. The van der Waals surface area contributed by atoms with Gasteiger partial charge < -0.3 is 11.1 Å². The summed E-state index contributed by atoms with van der Waals surface area (Å²) >= 11 is 0. The van der Waals surface area contributed by atoms with E-state index < -0.39 is 17.9 Å². The molecule has 2 aromatic carbocycles. The van der Waals surface area contributed by atoms with Crippen molar-refractivity contribution in [3.05, 3.63) is 60.2 Å². The van der Waals surface area contributed by atoms with E-state index in [1.165, 1.54) is 11.9 Å². The molecule has 0 aliphatic carbocycles. The zero-order valence-electron chi connectivity index (χ0n) is 14.2. The number of carbonyl (C=O) groups excluding carboxylic acids is 3. The Kier molecular flexibility index (Phi) is 4.79. The van der Waals surface area contributed by atoms with Gasteiger partial charge in [-0.25, -0.2) is 0 Å². The van der Waals surface area contributed by atoms with Crippen LogP contribution in [0.2, 0.25) is 0 Å². The van der Waals surface area contributed by atoms with E-state index in [-0.39, 0.29) is 17.9 Å². The summed E-state index contributed by atoms with van der Waals surface area (Å²) < 4.78 is 0. The molecule has 0 radical (unpaired) electrons. The highest BCUT2D eigenvalue weighted by Gasteiger charge is 2.35. The number of para-hydroxylation sites is 2. The van der Waals surface area contributed by atoms with Gasteiger partial charge in [0.15, 0.2) is 5.78 Å². The second-order valence-corrected chi connectivity index (χ2v) is 5.90. The SMILES string of the molecule is CC(=O)c1ccccc1NC(=O)C1=NN(c2ccccc2)[C@H](C(N)=O)C1. The molecule has 26 heavy (non-hydrogen) atoms. The van der Waals surface area contributed by atoms with E-state index in [4.69, 9.17) is 5.73 Å². The molecule has 132 valence electrons. The van der Waals surface area contributed by atoms with Crippen LogP contribution in [0.4, 0.5) is 11.4 Å². The van der Waals surface area contributed by atoms with Crippen LogP contribution in [0.5, 0.6) is 0 Å². The molecule has 0 aromatic heterocycles. The summed E-state index contributed by atoms with van der Waals surface area (Å²) in [5.74, 6) is -1.19. The van der Waals surface area contributed by atoms with Crippen molar-refractivity contribution < 1.29 is 14.4 Å². The molecule has 3 N–H and O–H groups in total. The molecule has 0 spiro atoms. The van der Waals surface area contributed by atoms with Crippen molar-refractivity contribution >= 4 is 34.7 Å². The summed E-state index contributed by atoms with van der Waals surface area (Å²) in [5.41, 5.74) is 7.13.